The van der Waals surface area contributed by atoms with Crippen molar-refractivity contribution in [1.29, 1.82) is 5.26 Å². The Morgan fingerprint density at radius 2 is 2.21 bits per heavy atom. The number of amides is 1. The Balaban J connectivity index is 2.24. The van der Waals surface area contributed by atoms with Crippen LogP contribution >= 0.6 is 15.9 Å². The van der Waals surface area contributed by atoms with Crippen molar-refractivity contribution in [1.82, 2.24) is 14.7 Å². The molecular weight excluding hydrogens is 378 g/mol. The number of halogens is 1. The number of nitrogens with two attached hydrogens (primary N) is 1. The van der Waals surface area contributed by atoms with Gasteiger partial charge in [0.1, 0.15) is 27.7 Å². The van der Waals surface area contributed by atoms with Crippen molar-refractivity contribution in [3.05, 3.63) is 10.2 Å². The van der Waals surface area contributed by atoms with E-state index in [-0.39, 0.29) is 17.9 Å². The van der Waals surface area contributed by atoms with Gasteiger partial charge in [-0.15, -0.1) is 0 Å². The number of hydrogen-bond acceptors (Lipinski definition) is 6. The SMILES string of the molecule is COC[C@H]1C[C@H](n2nc(Br)c(C#N)c2N)CN1C(=O)OC(C)(C)C. The average Bonchev–Trinajstić information content (AvgIpc) is 2.99. The van der Waals surface area contributed by atoms with E-state index in [1.54, 1.807) is 16.7 Å². The Morgan fingerprint density at radius 3 is 2.71 bits per heavy atom. The summed E-state index contributed by atoms with van der Waals surface area (Å²) in [6.45, 7) is 6.26. The third-order valence-corrected chi connectivity index (χ3v) is 4.30. The summed E-state index contributed by atoms with van der Waals surface area (Å²) in [4.78, 5) is 14.1. The first-order valence-corrected chi connectivity index (χ1v) is 8.39. The van der Waals surface area contributed by atoms with Crippen LogP contribution < -0.4 is 5.73 Å². The summed E-state index contributed by atoms with van der Waals surface area (Å²) in [6, 6.07) is 1.74. The Kier molecular flexibility index (Phi) is 5.40. The Morgan fingerprint density at radius 1 is 1.54 bits per heavy atom. The van der Waals surface area contributed by atoms with Crippen LogP contribution in [0.2, 0.25) is 0 Å². The molecule has 24 heavy (non-hydrogen) atoms. The molecule has 1 aromatic heterocycles. The van der Waals surface area contributed by atoms with Crippen LogP contribution in [0.4, 0.5) is 10.6 Å². The maximum absolute atomic E-state index is 12.5. The van der Waals surface area contributed by atoms with E-state index in [0.717, 1.165) is 0 Å². The second-order valence-corrected chi connectivity index (χ2v) is 7.49. The highest BCUT2D eigenvalue weighted by Crippen LogP contribution is 2.33. The number of hydrogen-bond donors (Lipinski definition) is 1. The summed E-state index contributed by atoms with van der Waals surface area (Å²) in [6.07, 6.45) is 0.230. The van der Waals surface area contributed by atoms with Crippen LogP contribution in [0.25, 0.3) is 0 Å². The molecule has 0 unspecified atom stereocenters. The number of carbonyl (C=O) groups is 1. The number of anilines is 1. The second-order valence-electron chi connectivity index (χ2n) is 6.74. The van der Waals surface area contributed by atoms with E-state index in [1.165, 1.54) is 0 Å². The first-order chi connectivity index (χ1) is 11.2. The quantitative estimate of drug-likeness (QED) is 0.835. The summed E-state index contributed by atoms with van der Waals surface area (Å²) in [5.74, 6) is 0.289. The van der Waals surface area contributed by atoms with E-state index in [2.05, 4.69) is 21.0 Å². The van der Waals surface area contributed by atoms with Gasteiger partial charge in [-0.2, -0.15) is 10.4 Å². The smallest absolute Gasteiger partial charge is 0.410 e. The molecule has 1 aromatic rings. The van der Waals surface area contributed by atoms with Crippen molar-refractivity contribution in [2.24, 2.45) is 0 Å². The number of rotatable bonds is 3. The van der Waals surface area contributed by atoms with Crippen molar-refractivity contribution in [3.8, 4) is 6.07 Å². The molecule has 2 rings (SSSR count). The normalized spacial score (nSPS) is 20.9. The van der Waals surface area contributed by atoms with E-state index < -0.39 is 11.7 Å². The van der Waals surface area contributed by atoms with Gasteiger partial charge >= 0.3 is 6.09 Å². The third kappa shape index (κ3) is 3.82. The van der Waals surface area contributed by atoms with Gasteiger partial charge in [0, 0.05) is 13.7 Å². The van der Waals surface area contributed by atoms with Crippen molar-refractivity contribution in [2.45, 2.75) is 44.9 Å². The molecule has 2 heterocycles. The molecule has 0 radical (unpaired) electrons. The summed E-state index contributed by atoms with van der Waals surface area (Å²) < 4.78 is 12.7. The number of nitrogen functional groups attached to an aromatic ring is 1. The molecule has 0 aromatic carbocycles. The van der Waals surface area contributed by atoms with Gasteiger partial charge in [-0.05, 0) is 43.1 Å². The second kappa shape index (κ2) is 6.99. The Bertz CT molecular complexity index is 661. The molecule has 8 nitrogen and oxygen atoms in total. The zero-order valence-corrected chi connectivity index (χ0v) is 15.8. The van der Waals surface area contributed by atoms with Gasteiger partial charge in [0.2, 0.25) is 0 Å². The first-order valence-electron chi connectivity index (χ1n) is 7.60. The Hall–Kier alpha value is -1.79. The lowest BCUT2D eigenvalue weighted by molar-refractivity contribution is 0.0145. The lowest BCUT2D eigenvalue weighted by Gasteiger charge is -2.28. The molecular formula is C15H22BrN5O3. The molecule has 1 aliphatic heterocycles. The van der Waals surface area contributed by atoms with Crippen LogP contribution in [-0.2, 0) is 9.47 Å². The van der Waals surface area contributed by atoms with E-state index in [4.69, 9.17) is 20.5 Å². The highest BCUT2D eigenvalue weighted by Gasteiger charge is 2.39. The van der Waals surface area contributed by atoms with E-state index in [9.17, 15) is 4.79 Å². The van der Waals surface area contributed by atoms with Gasteiger partial charge < -0.3 is 20.1 Å². The standard InChI is InChI=1S/C15H22BrN5O3/c1-15(2,3)24-14(22)20-7-9(5-10(20)8-23-4)21-13(18)11(6-17)12(16)19-21/h9-10H,5,7-8,18H2,1-4H3/t9-,10+/m0/s1. The predicted octanol–water partition coefficient (Wildman–Crippen LogP) is 2.30. The molecule has 1 saturated heterocycles. The largest absolute Gasteiger partial charge is 0.444 e. The molecule has 0 saturated carbocycles. The number of ether oxygens (including phenoxy) is 2. The molecule has 9 heteroatoms. The van der Waals surface area contributed by atoms with Gasteiger partial charge in [-0.1, -0.05) is 0 Å². The molecule has 132 valence electrons. The van der Waals surface area contributed by atoms with E-state index >= 15 is 0 Å². The summed E-state index contributed by atoms with van der Waals surface area (Å²) in [7, 11) is 1.59. The minimum Gasteiger partial charge on any atom is -0.444 e. The summed E-state index contributed by atoms with van der Waals surface area (Å²) >= 11 is 3.24. The van der Waals surface area contributed by atoms with Gasteiger partial charge in [0.15, 0.2) is 0 Å². The molecule has 1 fully saturated rings. The number of methoxy groups -OCH3 is 1. The van der Waals surface area contributed by atoms with Crippen molar-refractivity contribution >= 4 is 27.8 Å². The van der Waals surface area contributed by atoms with Crippen molar-refractivity contribution in [2.75, 3.05) is 26.0 Å². The van der Waals surface area contributed by atoms with Gasteiger partial charge in [-0.25, -0.2) is 9.48 Å². The van der Waals surface area contributed by atoms with Crippen molar-refractivity contribution < 1.29 is 14.3 Å². The summed E-state index contributed by atoms with van der Waals surface area (Å²) in [5.41, 5.74) is 5.74. The number of nitriles is 1. The zero-order valence-electron chi connectivity index (χ0n) is 14.2. The fraction of sp³-hybridized carbons (Fsp3) is 0.667. The molecule has 2 N–H and O–H groups in total. The third-order valence-electron chi connectivity index (χ3n) is 3.74. The number of aromatic nitrogens is 2. The topological polar surface area (TPSA) is 106 Å². The van der Waals surface area contributed by atoms with Crippen LogP contribution in [0, 0.1) is 11.3 Å². The molecule has 1 amide bonds. The molecule has 0 spiro atoms. The van der Waals surface area contributed by atoms with E-state index in [0.29, 0.717) is 29.7 Å². The first kappa shape index (κ1) is 18.5. The Labute approximate surface area is 149 Å². The minimum atomic E-state index is -0.575. The van der Waals surface area contributed by atoms with Gasteiger partial charge in [0.05, 0.1) is 18.7 Å². The minimum absolute atomic E-state index is 0.136. The lowest BCUT2D eigenvalue weighted by atomic mass is 10.2. The highest BCUT2D eigenvalue weighted by atomic mass is 79.9. The van der Waals surface area contributed by atoms with Crippen LogP contribution in [0.15, 0.2) is 4.60 Å². The average molecular weight is 400 g/mol. The van der Waals surface area contributed by atoms with Crippen molar-refractivity contribution in [3.63, 3.8) is 0 Å². The van der Waals surface area contributed by atoms with Crippen LogP contribution in [0.1, 0.15) is 38.8 Å². The number of nitrogens with zero attached hydrogens (tertiary/aromatic N) is 4. The van der Waals surface area contributed by atoms with Crippen LogP contribution in [0.5, 0.6) is 0 Å². The molecule has 0 bridgehead atoms. The zero-order chi connectivity index (χ0) is 18.1. The van der Waals surface area contributed by atoms with Gasteiger partial charge in [0.25, 0.3) is 0 Å². The molecule has 2 atom stereocenters. The predicted molar refractivity (Wildman–Crippen MR) is 91.3 cm³/mol. The maximum Gasteiger partial charge on any atom is 0.410 e. The monoisotopic (exact) mass is 399 g/mol. The fourth-order valence-electron chi connectivity index (χ4n) is 2.76. The molecule has 0 aliphatic carbocycles. The van der Waals surface area contributed by atoms with Crippen LogP contribution in [0.3, 0.4) is 0 Å². The number of carbonyl (C=O) groups excluding carboxylic acids is 1. The lowest BCUT2D eigenvalue weighted by Crippen LogP contribution is -2.41. The highest BCUT2D eigenvalue weighted by molar-refractivity contribution is 9.10. The number of likely N-dealkylation sites (tertiary alicyclic amines) is 1. The molecule has 1 aliphatic rings. The fourth-order valence-corrected chi connectivity index (χ4v) is 3.23. The summed E-state index contributed by atoms with van der Waals surface area (Å²) in [5, 5.41) is 13.4. The maximum atomic E-state index is 12.5. The van der Waals surface area contributed by atoms with Gasteiger partial charge in [-0.3, -0.25) is 0 Å². The van der Waals surface area contributed by atoms with Crippen LogP contribution in [-0.4, -0.2) is 52.7 Å². The van der Waals surface area contributed by atoms with E-state index in [1.807, 2.05) is 26.8 Å².